The molecule has 1 heterocycles. The van der Waals surface area contributed by atoms with Gasteiger partial charge in [0.1, 0.15) is 16.5 Å². The van der Waals surface area contributed by atoms with Crippen molar-refractivity contribution in [2.45, 2.75) is 32.7 Å². The fourth-order valence-corrected chi connectivity index (χ4v) is 2.82. The van der Waals surface area contributed by atoms with Crippen molar-refractivity contribution in [1.29, 1.82) is 0 Å². The zero-order chi connectivity index (χ0) is 15.5. The third kappa shape index (κ3) is 3.88. The van der Waals surface area contributed by atoms with E-state index in [1.165, 1.54) is 0 Å². The molecule has 0 spiro atoms. The summed E-state index contributed by atoms with van der Waals surface area (Å²) in [6.45, 7) is 7.18. The lowest BCUT2D eigenvalue weighted by Crippen LogP contribution is -2.12. The number of hydrogen-bond donors (Lipinski definition) is 1. The zero-order valence-corrected chi connectivity index (χ0v) is 14.0. The monoisotopic (exact) mass is 306 g/mol. The Morgan fingerprint density at radius 1 is 1.19 bits per heavy atom. The highest BCUT2D eigenvalue weighted by atomic mass is 32.1. The molecule has 0 amide bonds. The van der Waals surface area contributed by atoms with Gasteiger partial charge in [-0.1, -0.05) is 20.8 Å². The van der Waals surface area contributed by atoms with Gasteiger partial charge in [0.2, 0.25) is 0 Å². The zero-order valence-electron chi connectivity index (χ0n) is 13.2. The Labute approximate surface area is 130 Å². The predicted octanol–water partition coefficient (Wildman–Crippen LogP) is 4.07. The van der Waals surface area contributed by atoms with Gasteiger partial charge >= 0.3 is 0 Å². The number of nitrogens with zero attached hydrogens (tertiary/aromatic N) is 1. The van der Waals surface area contributed by atoms with Crippen LogP contribution in [0.2, 0.25) is 0 Å². The Hall–Kier alpha value is -1.75. The molecular weight excluding hydrogens is 284 g/mol. The highest BCUT2D eigenvalue weighted by Crippen LogP contribution is 2.30. The molecule has 0 fully saturated rings. The van der Waals surface area contributed by atoms with Crippen LogP contribution in [0.1, 0.15) is 31.5 Å². The Bertz CT molecular complexity index is 603. The third-order valence-corrected chi connectivity index (χ3v) is 4.01. The first-order valence-electron chi connectivity index (χ1n) is 6.85. The molecule has 0 atom stereocenters. The molecule has 114 valence electrons. The van der Waals surface area contributed by atoms with Gasteiger partial charge in [0.15, 0.2) is 0 Å². The van der Waals surface area contributed by atoms with E-state index >= 15 is 0 Å². The predicted molar refractivity (Wildman–Crippen MR) is 87.7 cm³/mol. The second-order valence-electron chi connectivity index (χ2n) is 5.80. The van der Waals surface area contributed by atoms with E-state index < -0.39 is 0 Å². The number of methoxy groups -OCH3 is 2. The number of nitrogens with one attached hydrogen (secondary N) is 1. The Balaban J connectivity index is 2.10. The van der Waals surface area contributed by atoms with Crippen molar-refractivity contribution in [3.05, 3.63) is 34.3 Å². The molecule has 2 rings (SSSR count). The maximum atomic E-state index is 5.36. The van der Waals surface area contributed by atoms with Gasteiger partial charge in [-0.05, 0) is 12.1 Å². The Kier molecular flexibility index (Phi) is 4.73. The third-order valence-electron chi connectivity index (χ3n) is 3.16. The summed E-state index contributed by atoms with van der Waals surface area (Å²) in [7, 11) is 3.32. The number of benzene rings is 1. The number of ether oxygens (including phenoxy) is 2. The van der Waals surface area contributed by atoms with Gasteiger partial charge in [0.05, 0.1) is 32.1 Å². The van der Waals surface area contributed by atoms with Crippen molar-refractivity contribution in [2.24, 2.45) is 0 Å². The lowest BCUT2D eigenvalue weighted by molar-refractivity contribution is 0.404. The van der Waals surface area contributed by atoms with Crippen LogP contribution in [-0.2, 0) is 12.0 Å². The molecule has 0 unspecified atom stereocenters. The SMILES string of the molecule is COc1ccc(OC)c(NCc2nc(C(C)(C)C)cs2)c1. The summed E-state index contributed by atoms with van der Waals surface area (Å²) in [5.74, 6) is 1.59. The summed E-state index contributed by atoms with van der Waals surface area (Å²) in [5, 5.41) is 6.55. The van der Waals surface area contributed by atoms with E-state index in [9.17, 15) is 0 Å². The average molecular weight is 306 g/mol. The normalized spacial score (nSPS) is 11.3. The first-order valence-corrected chi connectivity index (χ1v) is 7.73. The van der Waals surface area contributed by atoms with Crippen molar-refractivity contribution in [1.82, 2.24) is 4.98 Å². The molecule has 1 N–H and O–H groups in total. The van der Waals surface area contributed by atoms with Crippen LogP contribution >= 0.6 is 11.3 Å². The van der Waals surface area contributed by atoms with E-state index in [0.29, 0.717) is 6.54 Å². The van der Waals surface area contributed by atoms with E-state index in [-0.39, 0.29) is 5.41 Å². The summed E-state index contributed by atoms with van der Waals surface area (Å²) in [4.78, 5) is 4.68. The number of rotatable bonds is 5. The highest BCUT2D eigenvalue weighted by Gasteiger charge is 2.17. The fraction of sp³-hybridized carbons (Fsp3) is 0.438. The van der Waals surface area contributed by atoms with Crippen LogP contribution < -0.4 is 14.8 Å². The molecule has 0 bridgehead atoms. The standard InChI is InChI=1S/C16H22N2O2S/c1-16(2,3)14-10-21-15(18-14)9-17-12-8-11(19-4)6-7-13(12)20-5/h6-8,10,17H,9H2,1-5H3. The molecule has 0 saturated heterocycles. The van der Waals surface area contributed by atoms with Gasteiger partial charge in [-0.3, -0.25) is 0 Å². The minimum absolute atomic E-state index is 0.0857. The average Bonchev–Trinajstić information content (AvgIpc) is 2.93. The topological polar surface area (TPSA) is 43.4 Å². The van der Waals surface area contributed by atoms with Crippen LogP contribution in [-0.4, -0.2) is 19.2 Å². The molecule has 4 nitrogen and oxygen atoms in total. The van der Waals surface area contributed by atoms with E-state index in [2.05, 4.69) is 36.5 Å². The summed E-state index contributed by atoms with van der Waals surface area (Å²) in [6, 6.07) is 5.70. The Morgan fingerprint density at radius 2 is 1.95 bits per heavy atom. The first kappa shape index (κ1) is 15.6. The highest BCUT2D eigenvalue weighted by molar-refractivity contribution is 7.09. The van der Waals surface area contributed by atoms with Gasteiger partial charge in [-0.2, -0.15) is 0 Å². The van der Waals surface area contributed by atoms with Gasteiger partial charge in [-0.25, -0.2) is 4.98 Å². The number of aromatic nitrogens is 1. The van der Waals surface area contributed by atoms with E-state index in [0.717, 1.165) is 27.9 Å². The van der Waals surface area contributed by atoms with Crippen molar-refractivity contribution in [3.63, 3.8) is 0 Å². The van der Waals surface area contributed by atoms with Crippen molar-refractivity contribution in [2.75, 3.05) is 19.5 Å². The molecule has 0 aliphatic rings. The quantitative estimate of drug-likeness (QED) is 0.904. The molecule has 0 aliphatic heterocycles. The van der Waals surface area contributed by atoms with Crippen molar-refractivity contribution >= 4 is 17.0 Å². The molecule has 1 aromatic heterocycles. The number of anilines is 1. The number of hydrogen-bond acceptors (Lipinski definition) is 5. The van der Waals surface area contributed by atoms with Gasteiger partial charge < -0.3 is 14.8 Å². The molecule has 0 aliphatic carbocycles. The van der Waals surface area contributed by atoms with Crippen LogP contribution in [0.3, 0.4) is 0 Å². The van der Waals surface area contributed by atoms with E-state index in [1.54, 1.807) is 25.6 Å². The van der Waals surface area contributed by atoms with Gasteiger partial charge in [-0.15, -0.1) is 11.3 Å². The summed E-state index contributed by atoms with van der Waals surface area (Å²) in [5.41, 5.74) is 2.12. The second-order valence-corrected chi connectivity index (χ2v) is 6.74. The lowest BCUT2D eigenvalue weighted by atomic mass is 9.93. The summed E-state index contributed by atoms with van der Waals surface area (Å²) >= 11 is 1.67. The Morgan fingerprint density at radius 3 is 2.52 bits per heavy atom. The fourth-order valence-electron chi connectivity index (χ4n) is 1.86. The first-order chi connectivity index (χ1) is 9.94. The summed E-state index contributed by atoms with van der Waals surface area (Å²) in [6.07, 6.45) is 0. The van der Waals surface area contributed by atoms with Crippen LogP contribution in [0.5, 0.6) is 11.5 Å². The maximum absolute atomic E-state index is 5.36. The largest absolute Gasteiger partial charge is 0.497 e. The molecule has 21 heavy (non-hydrogen) atoms. The van der Waals surface area contributed by atoms with Crippen LogP contribution in [0.25, 0.3) is 0 Å². The second kappa shape index (κ2) is 6.35. The minimum atomic E-state index is 0.0857. The maximum Gasteiger partial charge on any atom is 0.142 e. The van der Waals surface area contributed by atoms with E-state index in [4.69, 9.17) is 9.47 Å². The van der Waals surface area contributed by atoms with Crippen LogP contribution in [0.15, 0.2) is 23.6 Å². The van der Waals surface area contributed by atoms with Gasteiger partial charge in [0.25, 0.3) is 0 Å². The lowest BCUT2D eigenvalue weighted by Gasteiger charge is -2.14. The van der Waals surface area contributed by atoms with Gasteiger partial charge in [0, 0.05) is 16.9 Å². The van der Waals surface area contributed by atoms with Crippen LogP contribution in [0, 0.1) is 0 Å². The van der Waals surface area contributed by atoms with E-state index in [1.807, 2.05) is 18.2 Å². The molecule has 2 aromatic rings. The van der Waals surface area contributed by atoms with Crippen LogP contribution in [0.4, 0.5) is 5.69 Å². The molecular formula is C16H22N2O2S. The molecule has 0 radical (unpaired) electrons. The minimum Gasteiger partial charge on any atom is -0.497 e. The summed E-state index contributed by atoms with van der Waals surface area (Å²) < 4.78 is 10.6. The molecule has 0 saturated carbocycles. The van der Waals surface area contributed by atoms with Crippen molar-refractivity contribution in [3.8, 4) is 11.5 Å². The smallest absolute Gasteiger partial charge is 0.142 e. The molecule has 5 heteroatoms. The molecule has 1 aromatic carbocycles. The van der Waals surface area contributed by atoms with Crippen molar-refractivity contribution < 1.29 is 9.47 Å². The number of thiazole rings is 1.